The number of ether oxygens (including phenoxy) is 3. The highest BCUT2D eigenvalue weighted by molar-refractivity contribution is 5.71. The summed E-state index contributed by atoms with van der Waals surface area (Å²) in [7, 11) is 0. The van der Waals surface area contributed by atoms with Crippen molar-refractivity contribution in [3.8, 4) is 0 Å². The Morgan fingerprint density at radius 2 is 0.603 bits per heavy atom. The quantitative estimate of drug-likeness (QED) is 0.0262. The predicted octanol–water partition coefficient (Wildman–Crippen LogP) is 18.9. The third-order valence-electron chi connectivity index (χ3n) is 11.8. The van der Waals surface area contributed by atoms with E-state index in [1.807, 2.05) is 6.08 Å². The van der Waals surface area contributed by atoms with Gasteiger partial charge in [-0.1, -0.05) is 227 Å². The van der Waals surface area contributed by atoms with Crippen molar-refractivity contribution in [1.29, 1.82) is 0 Å². The molecule has 0 radical (unpaired) electrons. The van der Waals surface area contributed by atoms with Crippen molar-refractivity contribution in [2.45, 2.75) is 264 Å². The molecule has 0 aromatic heterocycles. The molecule has 0 aromatic rings. The summed E-state index contributed by atoms with van der Waals surface area (Å²) in [5, 5.41) is 0. The fourth-order valence-electron chi connectivity index (χ4n) is 7.57. The number of carbonyl (C=O) groups is 3. The molecular formula is C62H104O6. The molecule has 0 rings (SSSR count). The van der Waals surface area contributed by atoms with Gasteiger partial charge in [0.15, 0.2) is 6.10 Å². The highest BCUT2D eigenvalue weighted by Gasteiger charge is 2.19. The van der Waals surface area contributed by atoms with Gasteiger partial charge in [0.2, 0.25) is 0 Å². The minimum absolute atomic E-state index is 0.109. The summed E-state index contributed by atoms with van der Waals surface area (Å²) in [6.45, 7) is 6.44. The Labute approximate surface area is 419 Å². The van der Waals surface area contributed by atoms with Gasteiger partial charge >= 0.3 is 17.9 Å². The summed E-state index contributed by atoms with van der Waals surface area (Å²) in [4.78, 5) is 38.1. The molecule has 1 unspecified atom stereocenters. The van der Waals surface area contributed by atoms with E-state index < -0.39 is 6.10 Å². The van der Waals surface area contributed by atoms with E-state index in [-0.39, 0.29) is 37.5 Å². The lowest BCUT2D eigenvalue weighted by atomic mass is 10.1. The second-order valence-corrected chi connectivity index (χ2v) is 18.5. The first kappa shape index (κ1) is 64.3. The number of unbranched alkanes of at least 4 members (excludes halogenated alkanes) is 23. The van der Waals surface area contributed by atoms with Gasteiger partial charge in [-0.05, 0) is 109 Å². The minimum Gasteiger partial charge on any atom is -0.462 e. The molecule has 0 N–H and O–H groups in total. The molecule has 0 aliphatic carbocycles. The standard InChI is InChI=1S/C62H104O6/c1-4-7-10-13-16-19-22-25-28-30-31-32-35-37-40-43-46-49-52-55-61(64)67-58-59(57-66-60(63)54-51-48-45-42-39-36-33-27-24-21-18-15-12-9-6-3)68-62(65)56-53-50-47-44-41-38-34-29-26-23-20-17-14-11-8-5-2/h7,10,16,19,25,27-29,31-34,37,40,46,49,59H,4-6,8-9,11-15,17-18,20-24,26,30,35-36,38-39,41-45,47-48,50-58H2,1-3H3/b10-7-,19-16-,28-25-,32-31-,33-27-,34-29-,40-37-,49-46-. The third kappa shape index (κ3) is 53.3. The average Bonchev–Trinajstić information content (AvgIpc) is 3.34. The van der Waals surface area contributed by atoms with Crippen LogP contribution >= 0.6 is 0 Å². The first-order valence-electron chi connectivity index (χ1n) is 28.2. The van der Waals surface area contributed by atoms with Crippen molar-refractivity contribution in [2.75, 3.05) is 13.2 Å². The van der Waals surface area contributed by atoms with Crippen molar-refractivity contribution in [2.24, 2.45) is 0 Å². The zero-order chi connectivity index (χ0) is 49.3. The second-order valence-electron chi connectivity index (χ2n) is 18.5. The Morgan fingerprint density at radius 1 is 0.309 bits per heavy atom. The van der Waals surface area contributed by atoms with E-state index in [1.54, 1.807) is 0 Å². The molecule has 0 aliphatic heterocycles. The zero-order valence-electron chi connectivity index (χ0n) is 44.3. The van der Waals surface area contributed by atoms with Gasteiger partial charge in [-0.2, -0.15) is 0 Å². The average molecular weight is 946 g/mol. The molecule has 0 bridgehead atoms. The Balaban J connectivity index is 4.52. The zero-order valence-corrected chi connectivity index (χ0v) is 44.3. The minimum atomic E-state index is -0.816. The normalized spacial score (nSPS) is 12.8. The highest BCUT2D eigenvalue weighted by atomic mass is 16.6. The number of carbonyl (C=O) groups excluding carboxylic acids is 3. The van der Waals surface area contributed by atoms with Gasteiger partial charge in [-0.15, -0.1) is 0 Å². The first-order chi connectivity index (χ1) is 33.5. The first-order valence-corrected chi connectivity index (χ1v) is 28.2. The molecule has 68 heavy (non-hydrogen) atoms. The predicted molar refractivity (Wildman–Crippen MR) is 293 cm³/mol. The highest BCUT2D eigenvalue weighted by Crippen LogP contribution is 2.14. The summed E-state index contributed by atoms with van der Waals surface area (Å²) in [5.74, 6) is -1.01. The maximum absolute atomic E-state index is 12.8. The number of hydrogen-bond donors (Lipinski definition) is 0. The largest absolute Gasteiger partial charge is 0.462 e. The third-order valence-corrected chi connectivity index (χ3v) is 11.8. The van der Waals surface area contributed by atoms with Crippen LogP contribution in [0.1, 0.15) is 258 Å². The van der Waals surface area contributed by atoms with Crippen LogP contribution in [0.25, 0.3) is 0 Å². The van der Waals surface area contributed by atoms with Crippen molar-refractivity contribution in [3.63, 3.8) is 0 Å². The number of rotatable bonds is 50. The van der Waals surface area contributed by atoms with Crippen molar-refractivity contribution in [3.05, 3.63) is 97.2 Å². The van der Waals surface area contributed by atoms with Gasteiger partial charge < -0.3 is 14.2 Å². The molecule has 0 saturated heterocycles. The monoisotopic (exact) mass is 945 g/mol. The molecule has 6 nitrogen and oxygen atoms in total. The van der Waals surface area contributed by atoms with Gasteiger partial charge in [-0.3, -0.25) is 14.4 Å². The Hall–Kier alpha value is -3.67. The Kier molecular flexibility index (Phi) is 52.9. The Morgan fingerprint density at radius 3 is 0.985 bits per heavy atom. The van der Waals surface area contributed by atoms with E-state index >= 15 is 0 Å². The summed E-state index contributed by atoms with van der Waals surface area (Å²) < 4.78 is 16.8. The fraction of sp³-hybridized carbons (Fsp3) is 0.694. The van der Waals surface area contributed by atoms with Gasteiger partial charge in [0.05, 0.1) is 0 Å². The SMILES string of the molecule is CC/C=C\C/C=C\C/C=C\C/C=C\C/C=C\C/C=C\CCC(=O)OCC(COC(=O)CCCCCCC/C=C\CCCCCCCC)OC(=O)CCCCCCC/C=C\CCCCCCCCC. The van der Waals surface area contributed by atoms with Crippen molar-refractivity contribution in [1.82, 2.24) is 0 Å². The number of hydrogen-bond acceptors (Lipinski definition) is 6. The van der Waals surface area contributed by atoms with Gasteiger partial charge in [0.25, 0.3) is 0 Å². The fourth-order valence-corrected chi connectivity index (χ4v) is 7.57. The molecule has 1 atom stereocenters. The van der Waals surface area contributed by atoms with E-state index in [9.17, 15) is 14.4 Å². The summed E-state index contributed by atoms with van der Waals surface area (Å²) in [6.07, 6.45) is 74.0. The maximum Gasteiger partial charge on any atom is 0.306 e. The lowest BCUT2D eigenvalue weighted by Crippen LogP contribution is -2.30. The molecule has 0 spiro atoms. The van der Waals surface area contributed by atoms with Crippen LogP contribution in [0.2, 0.25) is 0 Å². The van der Waals surface area contributed by atoms with E-state index in [2.05, 4.69) is 112 Å². The van der Waals surface area contributed by atoms with Crippen LogP contribution in [0.3, 0.4) is 0 Å². The van der Waals surface area contributed by atoms with Gasteiger partial charge in [0.1, 0.15) is 13.2 Å². The molecular weight excluding hydrogens is 841 g/mol. The summed E-state index contributed by atoms with van der Waals surface area (Å²) in [6, 6.07) is 0. The molecule has 0 aliphatic rings. The summed E-state index contributed by atoms with van der Waals surface area (Å²) >= 11 is 0. The summed E-state index contributed by atoms with van der Waals surface area (Å²) in [5.41, 5.74) is 0. The lowest BCUT2D eigenvalue weighted by Gasteiger charge is -2.18. The molecule has 0 heterocycles. The van der Waals surface area contributed by atoms with Crippen LogP contribution in [0.5, 0.6) is 0 Å². The van der Waals surface area contributed by atoms with Crippen molar-refractivity contribution >= 4 is 17.9 Å². The van der Waals surface area contributed by atoms with Gasteiger partial charge in [0, 0.05) is 19.3 Å². The molecule has 6 heteroatoms. The van der Waals surface area contributed by atoms with E-state index in [0.717, 1.165) is 103 Å². The van der Waals surface area contributed by atoms with Crippen LogP contribution in [-0.4, -0.2) is 37.2 Å². The van der Waals surface area contributed by atoms with Crippen LogP contribution in [0.4, 0.5) is 0 Å². The van der Waals surface area contributed by atoms with Crippen LogP contribution in [0.15, 0.2) is 97.2 Å². The molecule has 0 aromatic carbocycles. The molecule has 0 saturated carbocycles. The van der Waals surface area contributed by atoms with E-state index in [1.165, 1.54) is 109 Å². The topological polar surface area (TPSA) is 78.9 Å². The number of allylic oxidation sites excluding steroid dienone is 16. The number of esters is 3. The smallest absolute Gasteiger partial charge is 0.306 e. The van der Waals surface area contributed by atoms with E-state index in [0.29, 0.717) is 19.3 Å². The maximum atomic E-state index is 12.8. The second kappa shape index (κ2) is 55.9. The van der Waals surface area contributed by atoms with Crippen LogP contribution in [-0.2, 0) is 28.6 Å². The molecule has 0 fully saturated rings. The lowest BCUT2D eigenvalue weighted by molar-refractivity contribution is -0.166. The van der Waals surface area contributed by atoms with Gasteiger partial charge in [-0.25, -0.2) is 0 Å². The van der Waals surface area contributed by atoms with Crippen molar-refractivity contribution < 1.29 is 28.6 Å². The molecule has 0 amide bonds. The Bertz CT molecular complexity index is 1360. The van der Waals surface area contributed by atoms with E-state index in [4.69, 9.17) is 14.2 Å². The molecule has 388 valence electrons. The van der Waals surface area contributed by atoms with Crippen LogP contribution in [0, 0.1) is 0 Å². The van der Waals surface area contributed by atoms with Crippen LogP contribution < -0.4 is 0 Å².